The number of nitrogens with one attached hydrogen (secondary N) is 2. The Morgan fingerprint density at radius 1 is 1.42 bits per heavy atom. The van der Waals surface area contributed by atoms with Crippen molar-refractivity contribution in [3.05, 3.63) is 29.3 Å². The molecule has 1 aliphatic rings. The molecule has 1 aliphatic heterocycles. The van der Waals surface area contributed by atoms with Gasteiger partial charge in [0.2, 0.25) is 0 Å². The second-order valence-electron chi connectivity index (χ2n) is 4.29. The Labute approximate surface area is 107 Å². The maximum atomic E-state index is 12.7. The minimum Gasteiger partial charge on any atom is -0.384 e. The number of alkyl halides is 4. The standard InChI is InChI=1S/C12H12F4N2O/c13-11(14)12(15,16)6-18-10(19)8-1-2-9-7(5-8)3-4-17-9/h1-2,5,11,17H,3-4,6H2,(H,18,19). The summed E-state index contributed by atoms with van der Waals surface area (Å²) in [7, 11) is 0. The van der Waals surface area contributed by atoms with Crippen molar-refractivity contribution >= 4 is 11.6 Å². The number of anilines is 1. The van der Waals surface area contributed by atoms with Crippen LogP contribution in [0.5, 0.6) is 0 Å². The van der Waals surface area contributed by atoms with Crippen LogP contribution in [0.15, 0.2) is 18.2 Å². The lowest BCUT2D eigenvalue weighted by molar-refractivity contribution is -0.123. The van der Waals surface area contributed by atoms with Crippen molar-refractivity contribution in [2.24, 2.45) is 0 Å². The van der Waals surface area contributed by atoms with Crippen molar-refractivity contribution in [2.75, 3.05) is 18.4 Å². The number of fused-ring (bicyclic) bond motifs is 1. The van der Waals surface area contributed by atoms with Gasteiger partial charge in [0.1, 0.15) is 0 Å². The van der Waals surface area contributed by atoms with E-state index in [9.17, 15) is 22.4 Å². The molecule has 2 rings (SSSR count). The van der Waals surface area contributed by atoms with Gasteiger partial charge in [-0.25, -0.2) is 8.78 Å². The summed E-state index contributed by atoms with van der Waals surface area (Å²) < 4.78 is 49.2. The molecule has 0 unspecified atom stereocenters. The molecule has 0 spiro atoms. The van der Waals surface area contributed by atoms with Gasteiger partial charge in [-0.3, -0.25) is 4.79 Å². The smallest absolute Gasteiger partial charge is 0.324 e. The van der Waals surface area contributed by atoms with E-state index < -0.39 is 24.8 Å². The average molecular weight is 276 g/mol. The third-order valence-corrected chi connectivity index (χ3v) is 2.88. The summed E-state index contributed by atoms with van der Waals surface area (Å²) >= 11 is 0. The molecule has 0 saturated heterocycles. The Kier molecular flexibility index (Phi) is 3.64. The molecule has 0 aliphatic carbocycles. The van der Waals surface area contributed by atoms with E-state index in [2.05, 4.69) is 5.32 Å². The van der Waals surface area contributed by atoms with Crippen molar-refractivity contribution in [2.45, 2.75) is 18.8 Å². The lowest BCUT2D eigenvalue weighted by Gasteiger charge is -2.15. The van der Waals surface area contributed by atoms with Gasteiger partial charge in [0.05, 0.1) is 6.54 Å². The summed E-state index contributed by atoms with van der Waals surface area (Å²) in [6.45, 7) is -0.622. The van der Waals surface area contributed by atoms with E-state index in [0.717, 1.165) is 24.2 Å². The molecule has 0 aromatic heterocycles. The van der Waals surface area contributed by atoms with Crippen molar-refractivity contribution in [3.8, 4) is 0 Å². The molecule has 3 nitrogen and oxygen atoms in total. The molecule has 0 saturated carbocycles. The fourth-order valence-electron chi connectivity index (χ4n) is 1.82. The predicted octanol–water partition coefficient (Wildman–Crippen LogP) is 2.28. The molecule has 7 heteroatoms. The fourth-order valence-corrected chi connectivity index (χ4v) is 1.82. The second-order valence-corrected chi connectivity index (χ2v) is 4.29. The molecule has 104 valence electrons. The first kappa shape index (κ1) is 13.6. The van der Waals surface area contributed by atoms with Crippen LogP contribution in [-0.2, 0) is 6.42 Å². The molecule has 1 heterocycles. The summed E-state index contributed by atoms with van der Waals surface area (Å²) in [4.78, 5) is 11.6. The number of carbonyl (C=O) groups is 1. The van der Waals surface area contributed by atoms with Crippen molar-refractivity contribution < 1.29 is 22.4 Å². The highest BCUT2D eigenvalue weighted by molar-refractivity contribution is 5.95. The van der Waals surface area contributed by atoms with Crippen LogP contribution in [0.2, 0.25) is 0 Å². The average Bonchev–Trinajstić information content (AvgIpc) is 2.82. The first-order valence-corrected chi connectivity index (χ1v) is 5.71. The third kappa shape index (κ3) is 2.97. The topological polar surface area (TPSA) is 41.1 Å². The predicted molar refractivity (Wildman–Crippen MR) is 61.9 cm³/mol. The summed E-state index contributed by atoms with van der Waals surface area (Å²) in [5.41, 5.74) is 2.00. The van der Waals surface area contributed by atoms with E-state index in [0.29, 0.717) is 0 Å². The number of halogens is 4. The maximum Gasteiger partial charge on any atom is 0.324 e. The first-order chi connectivity index (χ1) is 8.90. The molecule has 19 heavy (non-hydrogen) atoms. The van der Waals surface area contributed by atoms with Crippen LogP contribution >= 0.6 is 0 Å². The maximum absolute atomic E-state index is 12.7. The number of hydrogen-bond donors (Lipinski definition) is 2. The highest BCUT2D eigenvalue weighted by Crippen LogP contribution is 2.24. The number of benzene rings is 1. The largest absolute Gasteiger partial charge is 0.384 e. The summed E-state index contributed by atoms with van der Waals surface area (Å²) in [6, 6.07) is 4.71. The monoisotopic (exact) mass is 276 g/mol. The summed E-state index contributed by atoms with van der Waals surface area (Å²) in [5, 5.41) is 4.91. The lowest BCUT2D eigenvalue weighted by atomic mass is 10.1. The highest BCUT2D eigenvalue weighted by Gasteiger charge is 2.40. The molecule has 0 bridgehead atoms. The van der Waals surface area contributed by atoms with E-state index in [4.69, 9.17) is 0 Å². The fraction of sp³-hybridized carbons (Fsp3) is 0.417. The van der Waals surface area contributed by atoms with E-state index >= 15 is 0 Å². The molecule has 1 aromatic carbocycles. The van der Waals surface area contributed by atoms with Crippen molar-refractivity contribution in [1.82, 2.24) is 5.32 Å². The van der Waals surface area contributed by atoms with Crippen LogP contribution in [0.3, 0.4) is 0 Å². The van der Waals surface area contributed by atoms with Gasteiger partial charge in [0, 0.05) is 17.8 Å². The van der Waals surface area contributed by atoms with E-state index in [-0.39, 0.29) is 5.56 Å². The minimum atomic E-state index is -4.21. The Hall–Kier alpha value is -1.79. The Morgan fingerprint density at radius 2 is 2.16 bits per heavy atom. The Bertz CT molecular complexity index is 491. The number of hydrogen-bond acceptors (Lipinski definition) is 2. The number of carbonyl (C=O) groups excluding carboxylic acids is 1. The van der Waals surface area contributed by atoms with Crippen molar-refractivity contribution in [1.29, 1.82) is 0 Å². The number of rotatable bonds is 4. The van der Waals surface area contributed by atoms with Gasteiger partial charge in [-0.2, -0.15) is 8.78 Å². The van der Waals surface area contributed by atoms with Crippen LogP contribution in [0.25, 0.3) is 0 Å². The van der Waals surface area contributed by atoms with E-state index in [1.165, 1.54) is 6.07 Å². The lowest BCUT2D eigenvalue weighted by Crippen LogP contribution is -2.41. The zero-order chi connectivity index (χ0) is 14.0. The van der Waals surface area contributed by atoms with Gasteiger partial charge in [-0.1, -0.05) is 0 Å². The van der Waals surface area contributed by atoms with E-state index in [1.807, 2.05) is 5.32 Å². The van der Waals surface area contributed by atoms with Gasteiger partial charge in [0.15, 0.2) is 0 Å². The zero-order valence-corrected chi connectivity index (χ0v) is 9.85. The molecule has 0 fully saturated rings. The molecule has 0 radical (unpaired) electrons. The molecule has 0 atom stereocenters. The molecule has 2 N–H and O–H groups in total. The van der Waals surface area contributed by atoms with Gasteiger partial charge in [-0.15, -0.1) is 0 Å². The summed E-state index contributed by atoms with van der Waals surface area (Å²) in [6.07, 6.45) is -3.05. The second kappa shape index (κ2) is 5.07. The van der Waals surface area contributed by atoms with Gasteiger partial charge < -0.3 is 10.6 Å². The number of amides is 1. The Balaban J connectivity index is 2.01. The van der Waals surface area contributed by atoms with Crippen LogP contribution in [0.1, 0.15) is 15.9 Å². The minimum absolute atomic E-state index is 0.188. The normalized spacial score (nSPS) is 14.2. The zero-order valence-electron chi connectivity index (χ0n) is 9.85. The third-order valence-electron chi connectivity index (χ3n) is 2.88. The quantitative estimate of drug-likeness (QED) is 0.828. The SMILES string of the molecule is O=C(NCC(F)(F)C(F)F)c1ccc2c(c1)CCN2. The van der Waals surface area contributed by atoms with Gasteiger partial charge in [0.25, 0.3) is 5.91 Å². The van der Waals surface area contributed by atoms with Gasteiger partial charge in [-0.05, 0) is 30.2 Å². The first-order valence-electron chi connectivity index (χ1n) is 5.71. The Morgan fingerprint density at radius 3 is 2.84 bits per heavy atom. The molecular weight excluding hydrogens is 264 g/mol. The van der Waals surface area contributed by atoms with Crippen LogP contribution in [0, 0.1) is 0 Å². The van der Waals surface area contributed by atoms with Gasteiger partial charge >= 0.3 is 12.3 Å². The molecule has 1 amide bonds. The van der Waals surface area contributed by atoms with Crippen LogP contribution in [-0.4, -0.2) is 31.3 Å². The van der Waals surface area contributed by atoms with Crippen molar-refractivity contribution in [3.63, 3.8) is 0 Å². The van der Waals surface area contributed by atoms with E-state index in [1.54, 1.807) is 12.1 Å². The highest BCUT2D eigenvalue weighted by atomic mass is 19.3. The van der Waals surface area contributed by atoms with Crippen LogP contribution < -0.4 is 10.6 Å². The van der Waals surface area contributed by atoms with Crippen LogP contribution in [0.4, 0.5) is 23.2 Å². The molecule has 1 aromatic rings. The summed E-state index contributed by atoms with van der Waals surface area (Å²) in [5.74, 6) is -5.00. The molecular formula is C12H12F4N2O.